The van der Waals surface area contributed by atoms with Gasteiger partial charge in [0.15, 0.2) is 0 Å². The molecule has 0 aliphatic rings. The molecule has 0 unspecified atom stereocenters. The van der Waals surface area contributed by atoms with Gasteiger partial charge in [-0.3, -0.25) is 0 Å². The van der Waals surface area contributed by atoms with Gasteiger partial charge < -0.3 is 5.32 Å². The van der Waals surface area contributed by atoms with Crippen molar-refractivity contribution in [1.82, 2.24) is 20.6 Å². The molecule has 0 saturated heterocycles. The quantitative estimate of drug-likeness (QED) is 0.772. The number of aryl methyl sites for hydroxylation is 2. The summed E-state index contributed by atoms with van der Waals surface area (Å²) in [6.45, 7) is 5.12. The van der Waals surface area contributed by atoms with Crippen LogP contribution in [0.5, 0.6) is 0 Å². The van der Waals surface area contributed by atoms with E-state index in [2.05, 4.69) is 45.9 Å². The van der Waals surface area contributed by atoms with Crippen molar-refractivity contribution < 1.29 is 0 Å². The normalized spacial score (nSPS) is 10.7. The number of benzene rings is 1. The average Bonchev–Trinajstić information content (AvgIpc) is 3.07. The molecule has 5 nitrogen and oxygen atoms in total. The Morgan fingerprint density at radius 1 is 1.25 bits per heavy atom. The third kappa shape index (κ3) is 2.70. The van der Waals surface area contributed by atoms with Gasteiger partial charge in [-0.1, -0.05) is 12.1 Å². The summed E-state index contributed by atoms with van der Waals surface area (Å²) >= 11 is 1.83. The highest BCUT2D eigenvalue weighted by atomic mass is 32.1. The van der Waals surface area contributed by atoms with E-state index >= 15 is 0 Å². The maximum atomic E-state index is 3.99. The van der Waals surface area contributed by atoms with E-state index in [1.807, 2.05) is 35.6 Å². The molecule has 2 aromatic heterocycles. The fourth-order valence-corrected chi connectivity index (χ4v) is 3.05. The van der Waals surface area contributed by atoms with Gasteiger partial charge in [-0.05, 0) is 42.8 Å². The Morgan fingerprint density at radius 2 is 2.15 bits per heavy atom. The number of thiophene rings is 1. The van der Waals surface area contributed by atoms with Gasteiger partial charge in [0.05, 0.1) is 0 Å². The number of aromatic amines is 1. The van der Waals surface area contributed by atoms with Gasteiger partial charge in [0.2, 0.25) is 5.82 Å². The lowest BCUT2D eigenvalue weighted by molar-refractivity contribution is 0.881. The molecule has 1 aromatic carbocycles. The molecule has 0 bridgehead atoms. The van der Waals surface area contributed by atoms with Crippen molar-refractivity contribution in [3.8, 4) is 11.4 Å². The number of anilines is 1. The molecular weight excluding hydrogens is 270 g/mol. The SMILES string of the molecule is Cc1cc(CNc2cccc(-c3nn[nH]n3)c2)c(C)s1. The summed E-state index contributed by atoms with van der Waals surface area (Å²) in [6, 6.07) is 10.3. The van der Waals surface area contributed by atoms with Gasteiger partial charge in [-0.15, -0.1) is 21.5 Å². The smallest absolute Gasteiger partial charge is 0.204 e. The highest BCUT2D eigenvalue weighted by Gasteiger charge is 2.05. The minimum absolute atomic E-state index is 0.608. The molecule has 20 heavy (non-hydrogen) atoms. The molecule has 0 aliphatic heterocycles. The van der Waals surface area contributed by atoms with Crippen LogP contribution >= 0.6 is 11.3 Å². The van der Waals surface area contributed by atoms with E-state index in [-0.39, 0.29) is 0 Å². The third-order valence-corrected chi connectivity index (χ3v) is 4.10. The van der Waals surface area contributed by atoms with Crippen LogP contribution in [0.15, 0.2) is 30.3 Å². The zero-order valence-electron chi connectivity index (χ0n) is 11.3. The molecular formula is C14H15N5S. The fourth-order valence-electron chi connectivity index (χ4n) is 2.11. The highest BCUT2D eigenvalue weighted by Crippen LogP contribution is 2.23. The van der Waals surface area contributed by atoms with Crippen molar-refractivity contribution in [1.29, 1.82) is 0 Å². The highest BCUT2D eigenvalue weighted by molar-refractivity contribution is 7.12. The summed E-state index contributed by atoms with van der Waals surface area (Å²) in [4.78, 5) is 2.71. The Balaban J connectivity index is 1.75. The Labute approximate surface area is 121 Å². The molecule has 0 saturated carbocycles. The zero-order chi connectivity index (χ0) is 13.9. The first-order valence-corrected chi connectivity index (χ1v) is 7.17. The minimum atomic E-state index is 0.608. The summed E-state index contributed by atoms with van der Waals surface area (Å²) in [7, 11) is 0. The molecule has 0 fully saturated rings. The van der Waals surface area contributed by atoms with Crippen LogP contribution in [0.1, 0.15) is 15.3 Å². The van der Waals surface area contributed by atoms with Gasteiger partial charge in [0, 0.05) is 27.5 Å². The summed E-state index contributed by atoms with van der Waals surface area (Å²) < 4.78 is 0. The van der Waals surface area contributed by atoms with E-state index in [1.165, 1.54) is 15.3 Å². The van der Waals surface area contributed by atoms with Crippen molar-refractivity contribution in [2.45, 2.75) is 20.4 Å². The van der Waals surface area contributed by atoms with E-state index in [9.17, 15) is 0 Å². The number of H-pyrrole nitrogens is 1. The van der Waals surface area contributed by atoms with Crippen molar-refractivity contribution in [2.75, 3.05) is 5.32 Å². The predicted molar refractivity (Wildman–Crippen MR) is 80.7 cm³/mol. The van der Waals surface area contributed by atoms with E-state index in [0.29, 0.717) is 5.82 Å². The molecule has 0 aliphatic carbocycles. The van der Waals surface area contributed by atoms with E-state index in [4.69, 9.17) is 0 Å². The number of hydrogen-bond acceptors (Lipinski definition) is 5. The maximum absolute atomic E-state index is 3.99. The summed E-state index contributed by atoms with van der Waals surface area (Å²) in [5, 5.41) is 17.5. The molecule has 0 atom stereocenters. The number of nitrogens with zero attached hydrogens (tertiary/aromatic N) is 3. The molecule has 0 radical (unpaired) electrons. The standard InChI is InChI=1S/C14H15N5S/c1-9-6-12(10(2)20-9)8-15-13-5-3-4-11(7-13)14-16-18-19-17-14/h3-7,15H,8H2,1-2H3,(H,16,17,18,19). The van der Waals surface area contributed by atoms with E-state index < -0.39 is 0 Å². The van der Waals surface area contributed by atoms with Gasteiger partial charge >= 0.3 is 0 Å². The number of tetrazole rings is 1. The first kappa shape index (κ1) is 12.8. The topological polar surface area (TPSA) is 66.5 Å². The van der Waals surface area contributed by atoms with Crippen LogP contribution in [0, 0.1) is 13.8 Å². The van der Waals surface area contributed by atoms with Gasteiger partial charge in [-0.25, -0.2) is 0 Å². The van der Waals surface area contributed by atoms with Gasteiger partial charge in [0.1, 0.15) is 0 Å². The van der Waals surface area contributed by atoms with Crippen LogP contribution in [-0.4, -0.2) is 20.6 Å². The number of rotatable bonds is 4. The second-order valence-electron chi connectivity index (χ2n) is 4.61. The lowest BCUT2D eigenvalue weighted by atomic mass is 10.2. The molecule has 3 aromatic rings. The first-order chi connectivity index (χ1) is 9.72. The van der Waals surface area contributed by atoms with Crippen LogP contribution in [0.3, 0.4) is 0 Å². The Kier molecular flexibility index (Phi) is 3.47. The molecule has 0 amide bonds. The van der Waals surface area contributed by atoms with Crippen LogP contribution < -0.4 is 5.32 Å². The lowest BCUT2D eigenvalue weighted by Crippen LogP contribution is -1.99. The fraction of sp³-hybridized carbons (Fsp3) is 0.214. The lowest BCUT2D eigenvalue weighted by Gasteiger charge is -2.07. The Morgan fingerprint density at radius 3 is 2.85 bits per heavy atom. The number of hydrogen-bond donors (Lipinski definition) is 2. The number of aromatic nitrogens is 4. The average molecular weight is 285 g/mol. The van der Waals surface area contributed by atoms with Gasteiger partial charge in [-0.2, -0.15) is 5.21 Å². The second kappa shape index (κ2) is 5.42. The van der Waals surface area contributed by atoms with Gasteiger partial charge in [0.25, 0.3) is 0 Å². The van der Waals surface area contributed by atoms with Crippen LogP contribution in [0.4, 0.5) is 5.69 Å². The third-order valence-electron chi connectivity index (χ3n) is 3.09. The minimum Gasteiger partial charge on any atom is -0.381 e. The molecule has 6 heteroatoms. The largest absolute Gasteiger partial charge is 0.381 e. The summed E-state index contributed by atoms with van der Waals surface area (Å²) in [5.41, 5.74) is 3.34. The number of nitrogens with one attached hydrogen (secondary N) is 2. The maximum Gasteiger partial charge on any atom is 0.204 e. The molecule has 3 rings (SSSR count). The molecule has 2 N–H and O–H groups in total. The van der Waals surface area contributed by atoms with Crippen LogP contribution in [0.2, 0.25) is 0 Å². The van der Waals surface area contributed by atoms with Crippen molar-refractivity contribution >= 4 is 17.0 Å². The second-order valence-corrected chi connectivity index (χ2v) is 6.07. The van der Waals surface area contributed by atoms with Crippen molar-refractivity contribution in [3.05, 3.63) is 45.6 Å². The summed E-state index contributed by atoms with van der Waals surface area (Å²) in [6.07, 6.45) is 0. The van der Waals surface area contributed by atoms with Crippen LogP contribution in [0.25, 0.3) is 11.4 Å². The summed E-state index contributed by atoms with van der Waals surface area (Å²) in [5.74, 6) is 0.608. The molecule has 2 heterocycles. The van der Waals surface area contributed by atoms with E-state index in [0.717, 1.165) is 17.8 Å². The zero-order valence-corrected chi connectivity index (χ0v) is 12.2. The molecule has 0 spiro atoms. The monoisotopic (exact) mass is 285 g/mol. The Bertz CT molecular complexity index is 702. The van der Waals surface area contributed by atoms with Crippen molar-refractivity contribution in [3.63, 3.8) is 0 Å². The van der Waals surface area contributed by atoms with Crippen molar-refractivity contribution in [2.24, 2.45) is 0 Å². The van der Waals surface area contributed by atoms with E-state index in [1.54, 1.807) is 0 Å². The predicted octanol–water partition coefficient (Wildman–Crippen LogP) is 3.16. The first-order valence-electron chi connectivity index (χ1n) is 6.36. The molecule has 102 valence electrons. The Hall–Kier alpha value is -2.21. The van der Waals surface area contributed by atoms with Crippen LogP contribution in [-0.2, 0) is 6.54 Å².